The van der Waals surface area contributed by atoms with Gasteiger partial charge in [0, 0.05) is 0 Å². The molecule has 0 aliphatic carbocycles. The van der Waals surface area contributed by atoms with Crippen molar-refractivity contribution in [3.05, 3.63) is 24.3 Å². The van der Waals surface area contributed by atoms with Gasteiger partial charge in [0.1, 0.15) is 12.4 Å². The first-order chi connectivity index (χ1) is 14.3. The van der Waals surface area contributed by atoms with Crippen molar-refractivity contribution >= 4 is 5.69 Å². The number of rotatable bonds is 21. The molecule has 0 saturated heterocycles. The summed E-state index contributed by atoms with van der Waals surface area (Å²) in [6, 6.07) is 7.37. The molecule has 0 aromatic heterocycles. The van der Waals surface area contributed by atoms with Crippen molar-refractivity contribution < 1.29 is 38.3 Å². The first kappa shape index (κ1) is 25.6. The maximum Gasteiger partial charge on any atom is 0.142 e. The minimum atomic E-state index is 0.0306. The van der Waals surface area contributed by atoms with E-state index < -0.39 is 0 Å². The lowest BCUT2D eigenvalue weighted by molar-refractivity contribution is -0.0190. The van der Waals surface area contributed by atoms with Crippen LogP contribution >= 0.6 is 0 Å². The fraction of sp³-hybridized carbons (Fsp3) is 0.700. The van der Waals surface area contributed by atoms with Gasteiger partial charge >= 0.3 is 0 Å². The molecule has 9 heteroatoms. The third kappa shape index (κ3) is 16.1. The van der Waals surface area contributed by atoms with Gasteiger partial charge in [0.2, 0.25) is 0 Å². The Hall–Kier alpha value is -1.46. The van der Waals surface area contributed by atoms with E-state index in [1.54, 1.807) is 6.07 Å². The van der Waals surface area contributed by atoms with E-state index in [-0.39, 0.29) is 6.61 Å². The number of hydrogen-bond donors (Lipinski definition) is 2. The zero-order valence-corrected chi connectivity index (χ0v) is 17.1. The molecule has 0 saturated carbocycles. The van der Waals surface area contributed by atoms with E-state index in [0.29, 0.717) is 97.3 Å². The van der Waals surface area contributed by atoms with Crippen LogP contribution < -0.4 is 10.5 Å². The minimum absolute atomic E-state index is 0.0306. The number of aliphatic hydroxyl groups is 1. The van der Waals surface area contributed by atoms with Crippen molar-refractivity contribution in [2.24, 2.45) is 0 Å². The van der Waals surface area contributed by atoms with Gasteiger partial charge in [-0.05, 0) is 12.1 Å². The Kier molecular flexibility index (Phi) is 17.5. The van der Waals surface area contributed by atoms with E-state index in [4.69, 9.17) is 44.0 Å². The summed E-state index contributed by atoms with van der Waals surface area (Å²) in [4.78, 5) is 0. The van der Waals surface area contributed by atoms with Crippen LogP contribution in [-0.2, 0) is 28.4 Å². The molecule has 0 fully saturated rings. The highest BCUT2D eigenvalue weighted by Gasteiger charge is 1.98. The quantitative estimate of drug-likeness (QED) is 0.221. The van der Waals surface area contributed by atoms with Crippen LogP contribution in [0.5, 0.6) is 5.75 Å². The van der Waals surface area contributed by atoms with Crippen LogP contribution in [-0.4, -0.2) is 97.6 Å². The first-order valence-electron chi connectivity index (χ1n) is 9.89. The fourth-order valence-corrected chi connectivity index (χ4v) is 2.09. The zero-order valence-electron chi connectivity index (χ0n) is 17.1. The summed E-state index contributed by atoms with van der Waals surface area (Å²) >= 11 is 0. The molecule has 0 bridgehead atoms. The second-order valence-electron chi connectivity index (χ2n) is 5.78. The van der Waals surface area contributed by atoms with Gasteiger partial charge in [0.05, 0.1) is 91.6 Å². The Balaban J connectivity index is 1.70. The fourth-order valence-electron chi connectivity index (χ4n) is 2.09. The highest BCUT2D eigenvalue weighted by molar-refractivity contribution is 5.51. The number of aliphatic hydroxyl groups excluding tert-OH is 1. The van der Waals surface area contributed by atoms with E-state index in [2.05, 4.69) is 0 Å². The molecule has 0 heterocycles. The average Bonchev–Trinajstić information content (AvgIpc) is 2.73. The predicted octanol–water partition coefficient (Wildman–Crippen LogP) is 0.740. The molecular formula is C20H35NO8. The third-order valence-corrected chi connectivity index (χ3v) is 3.50. The number of nitrogen functional groups attached to an aromatic ring is 1. The summed E-state index contributed by atoms with van der Waals surface area (Å²) in [5, 5.41) is 8.53. The number of nitrogens with two attached hydrogens (primary N) is 1. The number of ether oxygens (including phenoxy) is 7. The van der Waals surface area contributed by atoms with E-state index >= 15 is 0 Å². The van der Waals surface area contributed by atoms with Crippen LogP contribution in [0.25, 0.3) is 0 Å². The molecule has 1 rings (SSSR count). The predicted molar refractivity (Wildman–Crippen MR) is 108 cm³/mol. The van der Waals surface area contributed by atoms with Gasteiger partial charge in [-0.2, -0.15) is 0 Å². The molecule has 168 valence electrons. The van der Waals surface area contributed by atoms with E-state index in [0.717, 1.165) is 0 Å². The van der Waals surface area contributed by atoms with E-state index in [1.807, 2.05) is 18.2 Å². The Morgan fingerprint density at radius 1 is 0.552 bits per heavy atom. The summed E-state index contributed by atoms with van der Waals surface area (Å²) in [6.45, 7) is 6.35. The van der Waals surface area contributed by atoms with Gasteiger partial charge in [-0.25, -0.2) is 0 Å². The molecular weight excluding hydrogens is 382 g/mol. The molecule has 0 aliphatic rings. The molecule has 0 unspecified atom stereocenters. The number of anilines is 1. The topological polar surface area (TPSA) is 111 Å². The molecule has 0 radical (unpaired) electrons. The van der Waals surface area contributed by atoms with Crippen LogP contribution in [0.15, 0.2) is 24.3 Å². The maximum atomic E-state index is 8.53. The van der Waals surface area contributed by atoms with Gasteiger partial charge in [-0.3, -0.25) is 0 Å². The number of hydrogen-bond acceptors (Lipinski definition) is 9. The van der Waals surface area contributed by atoms with Gasteiger partial charge < -0.3 is 44.0 Å². The third-order valence-electron chi connectivity index (χ3n) is 3.50. The Morgan fingerprint density at radius 3 is 1.34 bits per heavy atom. The Labute approximate surface area is 172 Å². The lowest BCUT2D eigenvalue weighted by Gasteiger charge is -2.09. The number of benzene rings is 1. The largest absolute Gasteiger partial charge is 0.489 e. The molecule has 3 N–H and O–H groups in total. The molecule has 0 spiro atoms. The van der Waals surface area contributed by atoms with Gasteiger partial charge in [0.15, 0.2) is 0 Å². The lowest BCUT2D eigenvalue weighted by atomic mass is 10.3. The highest BCUT2D eigenvalue weighted by atomic mass is 16.6. The number of para-hydroxylation sites is 2. The summed E-state index contributed by atoms with van der Waals surface area (Å²) < 4.78 is 37.5. The van der Waals surface area contributed by atoms with Gasteiger partial charge in [0.25, 0.3) is 0 Å². The summed E-state index contributed by atoms with van der Waals surface area (Å²) in [6.07, 6.45) is 0. The highest BCUT2D eigenvalue weighted by Crippen LogP contribution is 2.19. The molecule has 29 heavy (non-hydrogen) atoms. The molecule has 0 aliphatic heterocycles. The second-order valence-corrected chi connectivity index (χ2v) is 5.78. The second kappa shape index (κ2) is 19.8. The van der Waals surface area contributed by atoms with Crippen molar-refractivity contribution in [2.75, 3.05) is 98.2 Å². The summed E-state index contributed by atoms with van der Waals surface area (Å²) in [5.41, 5.74) is 6.40. The first-order valence-corrected chi connectivity index (χ1v) is 9.89. The van der Waals surface area contributed by atoms with Crippen molar-refractivity contribution in [1.29, 1.82) is 0 Å². The van der Waals surface area contributed by atoms with Crippen LogP contribution in [0, 0.1) is 0 Å². The monoisotopic (exact) mass is 417 g/mol. The van der Waals surface area contributed by atoms with Crippen LogP contribution in [0.4, 0.5) is 5.69 Å². The van der Waals surface area contributed by atoms with Crippen molar-refractivity contribution in [2.45, 2.75) is 0 Å². The molecule has 1 aromatic rings. The molecule has 0 atom stereocenters. The normalized spacial score (nSPS) is 11.1. The van der Waals surface area contributed by atoms with Crippen LogP contribution in [0.2, 0.25) is 0 Å². The Morgan fingerprint density at radius 2 is 0.931 bits per heavy atom. The minimum Gasteiger partial charge on any atom is -0.489 e. The van der Waals surface area contributed by atoms with Gasteiger partial charge in [-0.15, -0.1) is 0 Å². The molecule has 0 amide bonds. The maximum absolute atomic E-state index is 8.53. The van der Waals surface area contributed by atoms with E-state index in [1.165, 1.54) is 0 Å². The Bertz CT molecular complexity index is 478. The zero-order chi connectivity index (χ0) is 20.8. The van der Waals surface area contributed by atoms with Crippen LogP contribution in [0.3, 0.4) is 0 Å². The molecule has 9 nitrogen and oxygen atoms in total. The molecule has 1 aromatic carbocycles. The standard InChI is InChI=1S/C20H35NO8/c21-19-3-1-2-4-20(19)29-18-17-28-16-15-27-14-13-26-12-11-25-10-9-24-8-7-23-6-5-22/h1-4,22H,5-18,21H2. The lowest BCUT2D eigenvalue weighted by Crippen LogP contribution is -2.15. The SMILES string of the molecule is Nc1ccccc1OCCOCCOCCOCCOCCOCCOCCO. The van der Waals surface area contributed by atoms with Crippen molar-refractivity contribution in [3.63, 3.8) is 0 Å². The van der Waals surface area contributed by atoms with Crippen molar-refractivity contribution in [3.8, 4) is 5.75 Å². The average molecular weight is 417 g/mol. The smallest absolute Gasteiger partial charge is 0.142 e. The summed E-state index contributed by atoms with van der Waals surface area (Å²) in [5.74, 6) is 0.671. The van der Waals surface area contributed by atoms with Crippen LogP contribution in [0.1, 0.15) is 0 Å². The summed E-state index contributed by atoms with van der Waals surface area (Å²) in [7, 11) is 0. The van der Waals surface area contributed by atoms with Crippen molar-refractivity contribution in [1.82, 2.24) is 0 Å². The van der Waals surface area contributed by atoms with E-state index in [9.17, 15) is 0 Å². The van der Waals surface area contributed by atoms with Gasteiger partial charge in [-0.1, -0.05) is 12.1 Å².